The number of rotatable bonds is 4. The van der Waals surface area contributed by atoms with E-state index in [4.69, 9.17) is 0 Å². The predicted molar refractivity (Wildman–Crippen MR) is 92.9 cm³/mol. The van der Waals surface area contributed by atoms with E-state index in [9.17, 15) is 22.0 Å². The minimum Gasteiger partial charge on any atom is -0.342 e. The Hall–Kier alpha value is -1.50. The van der Waals surface area contributed by atoms with Gasteiger partial charge in [0.2, 0.25) is 5.91 Å². The highest BCUT2D eigenvalue weighted by Crippen LogP contribution is 2.25. The number of carbonyl (C=O) groups is 1. The summed E-state index contributed by atoms with van der Waals surface area (Å²) in [6.07, 6.45) is 1.19. The van der Waals surface area contributed by atoms with Gasteiger partial charge in [0.25, 0.3) is 0 Å². The normalized spacial score (nSPS) is 16.9. The van der Waals surface area contributed by atoms with E-state index in [-0.39, 0.29) is 24.0 Å². The molecule has 0 aliphatic carbocycles. The van der Waals surface area contributed by atoms with Gasteiger partial charge in [0, 0.05) is 19.2 Å². The number of sulfone groups is 1. The number of benzene rings is 1. The fourth-order valence-corrected chi connectivity index (χ4v) is 4.36. The molecule has 1 fully saturated rings. The van der Waals surface area contributed by atoms with Crippen LogP contribution in [0.2, 0.25) is 0 Å². The molecule has 0 radical (unpaired) electrons. The largest absolute Gasteiger partial charge is 0.342 e. The van der Waals surface area contributed by atoms with Crippen LogP contribution in [0.5, 0.6) is 0 Å². The van der Waals surface area contributed by atoms with Crippen LogP contribution < -0.4 is 0 Å². The summed E-state index contributed by atoms with van der Waals surface area (Å²) in [5, 5.41) is 0. The number of nitrogens with zero attached hydrogens (tertiary/aromatic N) is 1. The summed E-state index contributed by atoms with van der Waals surface area (Å²) in [6.45, 7) is 6.03. The molecule has 1 aliphatic heterocycles. The number of piperidine rings is 1. The summed E-state index contributed by atoms with van der Waals surface area (Å²) in [6, 6.07) is 3.09. The van der Waals surface area contributed by atoms with Crippen molar-refractivity contribution < 1.29 is 22.0 Å². The Bertz CT molecular complexity index is 713. The molecule has 25 heavy (non-hydrogen) atoms. The van der Waals surface area contributed by atoms with Crippen molar-refractivity contribution in [3.8, 4) is 0 Å². The van der Waals surface area contributed by atoms with Crippen LogP contribution in [0.4, 0.5) is 8.78 Å². The first-order chi connectivity index (χ1) is 11.5. The van der Waals surface area contributed by atoms with Crippen molar-refractivity contribution in [3.63, 3.8) is 0 Å². The van der Waals surface area contributed by atoms with Crippen molar-refractivity contribution in [3.05, 3.63) is 35.4 Å². The van der Waals surface area contributed by atoms with E-state index >= 15 is 0 Å². The quantitative estimate of drug-likeness (QED) is 0.815. The maximum atomic E-state index is 13.2. The first-order valence-corrected chi connectivity index (χ1v) is 10.1. The zero-order valence-electron chi connectivity index (χ0n) is 14.9. The van der Waals surface area contributed by atoms with Gasteiger partial charge in [0.15, 0.2) is 9.84 Å². The van der Waals surface area contributed by atoms with Crippen LogP contribution in [-0.2, 0) is 21.1 Å². The van der Waals surface area contributed by atoms with E-state index in [1.807, 2.05) is 0 Å². The van der Waals surface area contributed by atoms with Gasteiger partial charge in [-0.2, -0.15) is 0 Å². The number of hydrogen-bond donors (Lipinski definition) is 0. The number of hydrogen-bond acceptors (Lipinski definition) is 3. The third kappa shape index (κ3) is 5.23. The van der Waals surface area contributed by atoms with Crippen molar-refractivity contribution >= 4 is 15.7 Å². The zero-order chi connectivity index (χ0) is 18.8. The fourth-order valence-electron chi connectivity index (χ4n) is 2.91. The van der Waals surface area contributed by atoms with Crippen LogP contribution in [-0.4, -0.2) is 42.8 Å². The van der Waals surface area contributed by atoms with Crippen molar-refractivity contribution in [1.29, 1.82) is 0 Å². The van der Waals surface area contributed by atoms with Gasteiger partial charge in [-0.3, -0.25) is 4.79 Å². The van der Waals surface area contributed by atoms with Gasteiger partial charge in [-0.05, 0) is 57.2 Å². The molecule has 0 bridgehead atoms. The van der Waals surface area contributed by atoms with Crippen LogP contribution in [0.1, 0.15) is 39.2 Å². The van der Waals surface area contributed by atoms with Crippen molar-refractivity contribution in [2.45, 2.75) is 44.8 Å². The SMILES string of the molecule is CC(C)(C)S(=O)(=O)CC1CCN(C(=O)Cc2cc(F)cc(F)c2)CC1. The summed E-state index contributed by atoms with van der Waals surface area (Å²) >= 11 is 0. The van der Waals surface area contributed by atoms with E-state index < -0.39 is 26.2 Å². The Balaban J connectivity index is 1.90. The Morgan fingerprint density at radius 3 is 2.12 bits per heavy atom. The number of amides is 1. The van der Waals surface area contributed by atoms with Gasteiger partial charge in [0.1, 0.15) is 11.6 Å². The molecule has 4 nitrogen and oxygen atoms in total. The Labute approximate surface area is 148 Å². The van der Waals surface area contributed by atoms with Gasteiger partial charge in [0.05, 0.1) is 16.9 Å². The molecule has 0 unspecified atom stereocenters. The van der Waals surface area contributed by atoms with Gasteiger partial charge in [-0.1, -0.05) is 0 Å². The van der Waals surface area contributed by atoms with Crippen molar-refractivity contribution in [1.82, 2.24) is 4.90 Å². The van der Waals surface area contributed by atoms with Gasteiger partial charge in [-0.15, -0.1) is 0 Å². The van der Waals surface area contributed by atoms with E-state index in [2.05, 4.69) is 0 Å². The third-order valence-electron chi connectivity index (χ3n) is 4.63. The number of likely N-dealkylation sites (tertiary alicyclic amines) is 1. The average molecular weight is 373 g/mol. The minimum absolute atomic E-state index is 0.0416. The maximum Gasteiger partial charge on any atom is 0.226 e. The van der Waals surface area contributed by atoms with Crippen LogP contribution in [0.25, 0.3) is 0 Å². The number of carbonyl (C=O) groups excluding carboxylic acids is 1. The Morgan fingerprint density at radius 2 is 1.64 bits per heavy atom. The lowest BCUT2D eigenvalue weighted by Crippen LogP contribution is -2.42. The highest BCUT2D eigenvalue weighted by atomic mass is 32.2. The molecule has 1 aliphatic rings. The topological polar surface area (TPSA) is 54.5 Å². The molecule has 0 N–H and O–H groups in total. The Kier molecular flexibility index (Phi) is 5.86. The summed E-state index contributed by atoms with van der Waals surface area (Å²) in [5.41, 5.74) is 0.305. The van der Waals surface area contributed by atoms with Crippen LogP contribution in [0, 0.1) is 17.6 Å². The molecule has 1 saturated heterocycles. The van der Waals surface area contributed by atoms with Crippen LogP contribution in [0.15, 0.2) is 18.2 Å². The second-order valence-electron chi connectivity index (χ2n) is 7.67. The second kappa shape index (κ2) is 7.40. The summed E-state index contributed by atoms with van der Waals surface area (Å²) in [5.74, 6) is -1.42. The van der Waals surface area contributed by atoms with Crippen LogP contribution in [0.3, 0.4) is 0 Å². The maximum absolute atomic E-state index is 13.2. The molecule has 0 saturated carbocycles. The molecule has 1 amide bonds. The van der Waals surface area contributed by atoms with Gasteiger partial charge >= 0.3 is 0 Å². The predicted octanol–water partition coefficient (Wildman–Crippen LogP) is 2.96. The lowest BCUT2D eigenvalue weighted by atomic mass is 9.98. The van der Waals surface area contributed by atoms with Crippen LogP contribution >= 0.6 is 0 Å². The molecule has 140 valence electrons. The molecule has 0 atom stereocenters. The highest BCUT2D eigenvalue weighted by molar-refractivity contribution is 7.92. The first-order valence-electron chi connectivity index (χ1n) is 8.43. The molecule has 1 heterocycles. The minimum atomic E-state index is -3.18. The summed E-state index contributed by atoms with van der Waals surface area (Å²) < 4.78 is 50.2. The zero-order valence-corrected chi connectivity index (χ0v) is 15.7. The first kappa shape index (κ1) is 19.8. The Morgan fingerprint density at radius 1 is 1.12 bits per heavy atom. The molecule has 1 aromatic rings. The average Bonchev–Trinajstić information content (AvgIpc) is 2.45. The van der Waals surface area contributed by atoms with Gasteiger partial charge < -0.3 is 4.90 Å². The summed E-state index contributed by atoms with van der Waals surface area (Å²) in [4.78, 5) is 13.9. The molecule has 0 spiro atoms. The van der Waals surface area contributed by atoms with E-state index in [1.54, 1.807) is 25.7 Å². The molecule has 7 heteroatoms. The van der Waals surface area contributed by atoms with Crippen molar-refractivity contribution in [2.75, 3.05) is 18.8 Å². The molecule has 1 aromatic carbocycles. The monoisotopic (exact) mass is 373 g/mol. The van der Waals surface area contributed by atoms with Crippen molar-refractivity contribution in [2.24, 2.45) is 5.92 Å². The van der Waals surface area contributed by atoms with E-state index in [0.29, 0.717) is 31.5 Å². The number of halogens is 2. The highest BCUT2D eigenvalue weighted by Gasteiger charge is 2.33. The van der Waals surface area contributed by atoms with Gasteiger partial charge in [-0.25, -0.2) is 17.2 Å². The fraction of sp³-hybridized carbons (Fsp3) is 0.611. The van der Waals surface area contributed by atoms with E-state index in [0.717, 1.165) is 18.2 Å². The molecular weight excluding hydrogens is 348 g/mol. The lowest BCUT2D eigenvalue weighted by Gasteiger charge is -2.33. The standard InChI is InChI=1S/C18H25F2NO3S/c1-18(2,3)25(23,24)12-13-4-6-21(7-5-13)17(22)10-14-8-15(19)11-16(20)9-14/h8-9,11,13H,4-7,10,12H2,1-3H3. The third-order valence-corrected chi connectivity index (χ3v) is 7.41. The molecule has 0 aromatic heterocycles. The second-order valence-corrected chi connectivity index (χ2v) is 10.5. The molecule has 2 rings (SSSR count). The molecular formula is C18H25F2NO3S. The smallest absolute Gasteiger partial charge is 0.226 e. The van der Waals surface area contributed by atoms with E-state index in [1.165, 1.54) is 0 Å². The lowest BCUT2D eigenvalue weighted by molar-refractivity contribution is -0.131. The summed E-state index contributed by atoms with van der Waals surface area (Å²) in [7, 11) is -3.18.